The van der Waals surface area contributed by atoms with Crippen LogP contribution in [0.4, 0.5) is 0 Å². The molecule has 0 bridgehead atoms. The fourth-order valence-corrected chi connectivity index (χ4v) is 1.77. The standard InChI is InChI=1S/C14H20O5/c1-3-19-13(17)7-12(16)14(18)10-5-4-9(2)11(6-10)8-15/h4-6,12,14-16,18H,3,7-8H2,1-2H3. The fourth-order valence-electron chi connectivity index (χ4n) is 1.77. The average molecular weight is 268 g/mol. The lowest BCUT2D eigenvalue weighted by Crippen LogP contribution is -2.23. The molecule has 0 aliphatic rings. The van der Waals surface area contributed by atoms with E-state index >= 15 is 0 Å². The van der Waals surface area contributed by atoms with Crippen molar-refractivity contribution in [1.29, 1.82) is 0 Å². The number of hydrogen-bond acceptors (Lipinski definition) is 5. The number of rotatable bonds is 6. The first-order valence-corrected chi connectivity index (χ1v) is 6.21. The van der Waals surface area contributed by atoms with Crippen LogP contribution in [0.1, 0.15) is 36.1 Å². The first-order valence-electron chi connectivity index (χ1n) is 6.21. The Hall–Kier alpha value is -1.43. The Labute approximate surface area is 112 Å². The van der Waals surface area contributed by atoms with Crippen molar-refractivity contribution >= 4 is 5.97 Å². The first-order chi connectivity index (χ1) is 8.99. The highest BCUT2D eigenvalue weighted by molar-refractivity contribution is 5.70. The Balaban J connectivity index is 2.76. The van der Waals surface area contributed by atoms with Crippen LogP contribution in [0.5, 0.6) is 0 Å². The van der Waals surface area contributed by atoms with Gasteiger partial charge in [-0.2, -0.15) is 0 Å². The molecule has 0 aliphatic carbocycles. The van der Waals surface area contributed by atoms with Crippen molar-refractivity contribution in [2.45, 2.75) is 39.1 Å². The van der Waals surface area contributed by atoms with E-state index in [9.17, 15) is 15.0 Å². The molecule has 0 heterocycles. The maximum Gasteiger partial charge on any atom is 0.308 e. The summed E-state index contributed by atoms with van der Waals surface area (Å²) >= 11 is 0. The van der Waals surface area contributed by atoms with Crippen molar-refractivity contribution in [3.8, 4) is 0 Å². The summed E-state index contributed by atoms with van der Waals surface area (Å²) in [7, 11) is 0. The van der Waals surface area contributed by atoms with Crippen molar-refractivity contribution < 1.29 is 24.9 Å². The van der Waals surface area contributed by atoms with Gasteiger partial charge in [-0.05, 0) is 30.5 Å². The number of carbonyl (C=O) groups excluding carboxylic acids is 1. The maximum atomic E-state index is 11.2. The second-order valence-electron chi connectivity index (χ2n) is 4.37. The molecule has 2 atom stereocenters. The second kappa shape index (κ2) is 7.23. The molecular formula is C14H20O5. The van der Waals surface area contributed by atoms with E-state index in [1.165, 1.54) is 0 Å². The molecule has 0 fully saturated rings. The van der Waals surface area contributed by atoms with Gasteiger partial charge in [0, 0.05) is 0 Å². The highest BCUT2D eigenvalue weighted by Gasteiger charge is 2.22. The van der Waals surface area contributed by atoms with E-state index in [4.69, 9.17) is 9.84 Å². The minimum atomic E-state index is -1.23. The molecule has 1 aromatic rings. The lowest BCUT2D eigenvalue weighted by molar-refractivity contribution is -0.147. The lowest BCUT2D eigenvalue weighted by atomic mass is 9.98. The zero-order valence-corrected chi connectivity index (χ0v) is 11.2. The smallest absolute Gasteiger partial charge is 0.308 e. The van der Waals surface area contributed by atoms with Crippen LogP contribution in [0, 0.1) is 6.92 Å². The van der Waals surface area contributed by atoms with Crippen LogP contribution < -0.4 is 0 Å². The second-order valence-corrected chi connectivity index (χ2v) is 4.37. The summed E-state index contributed by atoms with van der Waals surface area (Å²) in [4.78, 5) is 11.2. The molecule has 0 aliphatic heterocycles. The molecule has 5 heteroatoms. The Morgan fingerprint density at radius 1 is 1.37 bits per heavy atom. The molecule has 0 spiro atoms. The number of aliphatic hydroxyl groups excluding tert-OH is 3. The largest absolute Gasteiger partial charge is 0.466 e. The van der Waals surface area contributed by atoms with E-state index in [0.29, 0.717) is 11.1 Å². The minimum Gasteiger partial charge on any atom is -0.466 e. The van der Waals surface area contributed by atoms with Gasteiger partial charge in [-0.25, -0.2) is 0 Å². The molecule has 0 aromatic heterocycles. The summed E-state index contributed by atoms with van der Waals surface area (Å²) in [5.41, 5.74) is 2.05. The topological polar surface area (TPSA) is 87.0 Å². The molecule has 1 aromatic carbocycles. The highest BCUT2D eigenvalue weighted by atomic mass is 16.5. The van der Waals surface area contributed by atoms with E-state index in [2.05, 4.69) is 0 Å². The van der Waals surface area contributed by atoms with Crippen LogP contribution >= 0.6 is 0 Å². The Bertz CT molecular complexity index is 430. The molecule has 1 rings (SSSR count). The third-order valence-electron chi connectivity index (χ3n) is 2.93. The molecule has 5 nitrogen and oxygen atoms in total. The summed E-state index contributed by atoms with van der Waals surface area (Å²) < 4.78 is 4.71. The van der Waals surface area contributed by atoms with Gasteiger partial charge < -0.3 is 20.1 Å². The lowest BCUT2D eigenvalue weighted by Gasteiger charge is -2.18. The zero-order valence-electron chi connectivity index (χ0n) is 11.2. The van der Waals surface area contributed by atoms with E-state index < -0.39 is 18.2 Å². The monoisotopic (exact) mass is 268 g/mol. The van der Waals surface area contributed by atoms with Crippen LogP contribution in [0.3, 0.4) is 0 Å². The summed E-state index contributed by atoms with van der Waals surface area (Å²) in [6.07, 6.45) is -2.68. The number of ether oxygens (including phenoxy) is 1. The van der Waals surface area contributed by atoms with Crippen LogP contribution in [0.2, 0.25) is 0 Å². The third kappa shape index (κ3) is 4.31. The number of benzene rings is 1. The van der Waals surface area contributed by atoms with Crippen LogP contribution in [-0.2, 0) is 16.1 Å². The summed E-state index contributed by atoms with van der Waals surface area (Å²) in [5.74, 6) is -0.552. The summed E-state index contributed by atoms with van der Waals surface area (Å²) in [6, 6.07) is 5.03. The molecule has 0 saturated heterocycles. The van der Waals surface area contributed by atoms with Gasteiger partial charge in [0.1, 0.15) is 6.10 Å². The van der Waals surface area contributed by atoms with Gasteiger partial charge in [-0.1, -0.05) is 18.2 Å². The van der Waals surface area contributed by atoms with Crippen molar-refractivity contribution in [3.63, 3.8) is 0 Å². The molecule has 0 saturated carbocycles. The van der Waals surface area contributed by atoms with Crippen LogP contribution in [0.15, 0.2) is 18.2 Å². The van der Waals surface area contributed by atoms with Crippen molar-refractivity contribution in [2.24, 2.45) is 0 Å². The van der Waals surface area contributed by atoms with Gasteiger partial charge in [-0.15, -0.1) is 0 Å². The Morgan fingerprint density at radius 2 is 2.05 bits per heavy atom. The predicted molar refractivity (Wildman–Crippen MR) is 69.3 cm³/mol. The average Bonchev–Trinajstić information content (AvgIpc) is 2.38. The molecule has 2 unspecified atom stereocenters. The highest BCUT2D eigenvalue weighted by Crippen LogP contribution is 2.22. The molecule has 0 amide bonds. The predicted octanol–water partition coefficient (Wildman–Crippen LogP) is 0.835. The van der Waals surface area contributed by atoms with Gasteiger partial charge >= 0.3 is 5.97 Å². The van der Waals surface area contributed by atoms with Gasteiger partial charge in [0.2, 0.25) is 0 Å². The number of esters is 1. The van der Waals surface area contributed by atoms with Crippen molar-refractivity contribution in [2.75, 3.05) is 6.61 Å². The molecule has 19 heavy (non-hydrogen) atoms. The molecule has 106 valence electrons. The fraction of sp³-hybridized carbons (Fsp3) is 0.500. The van der Waals surface area contributed by atoms with Crippen molar-refractivity contribution in [3.05, 3.63) is 34.9 Å². The van der Waals surface area contributed by atoms with E-state index in [1.807, 2.05) is 6.92 Å². The van der Waals surface area contributed by atoms with Gasteiger partial charge in [0.25, 0.3) is 0 Å². The Morgan fingerprint density at radius 3 is 2.63 bits per heavy atom. The quantitative estimate of drug-likeness (QED) is 0.665. The van der Waals surface area contributed by atoms with Crippen molar-refractivity contribution in [1.82, 2.24) is 0 Å². The summed E-state index contributed by atoms with van der Waals surface area (Å²) in [5, 5.41) is 28.9. The normalized spacial score (nSPS) is 13.9. The molecular weight excluding hydrogens is 248 g/mol. The zero-order chi connectivity index (χ0) is 14.4. The van der Waals surface area contributed by atoms with Gasteiger partial charge in [-0.3, -0.25) is 4.79 Å². The first kappa shape index (κ1) is 15.6. The number of hydrogen-bond donors (Lipinski definition) is 3. The number of aliphatic hydroxyl groups is 3. The van der Waals surface area contributed by atoms with Gasteiger partial charge in [0.05, 0.1) is 25.7 Å². The Kier molecular flexibility index (Phi) is 5.95. The maximum absolute atomic E-state index is 11.2. The molecule has 3 N–H and O–H groups in total. The number of carbonyl (C=O) groups is 1. The van der Waals surface area contributed by atoms with Gasteiger partial charge in [0.15, 0.2) is 0 Å². The molecule has 0 radical (unpaired) electrons. The SMILES string of the molecule is CCOC(=O)CC(O)C(O)c1ccc(C)c(CO)c1. The minimum absolute atomic E-state index is 0.139. The van der Waals surface area contributed by atoms with E-state index in [1.54, 1.807) is 25.1 Å². The van der Waals surface area contributed by atoms with Crippen LogP contribution in [-0.4, -0.2) is 34.0 Å². The number of aryl methyl sites for hydroxylation is 1. The van der Waals surface area contributed by atoms with E-state index in [0.717, 1.165) is 5.56 Å². The van der Waals surface area contributed by atoms with E-state index in [-0.39, 0.29) is 19.6 Å². The third-order valence-corrected chi connectivity index (χ3v) is 2.93. The van der Waals surface area contributed by atoms with Crippen LogP contribution in [0.25, 0.3) is 0 Å². The summed E-state index contributed by atoms with van der Waals surface area (Å²) in [6.45, 7) is 3.62.